The summed E-state index contributed by atoms with van der Waals surface area (Å²) in [6, 6.07) is 20.2. The van der Waals surface area contributed by atoms with Gasteiger partial charge < -0.3 is 5.32 Å². The lowest BCUT2D eigenvalue weighted by Crippen LogP contribution is -2.29. The number of rotatable bonds is 4. The Balaban J connectivity index is 0.00000147. The molecule has 1 aliphatic rings. The van der Waals surface area contributed by atoms with E-state index >= 15 is 0 Å². The number of fused-ring (bicyclic) bond motifs is 1. The molecule has 1 aliphatic heterocycles. The molecule has 0 spiro atoms. The van der Waals surface area contributed by atoms with Crippen molar-refractivity contribution in [1.82, 2.24) is 5.32 Å². The van der Waals surface area contributed by atoms with Gasteiger partial charge in [0.25, 0.3) is 0 Å². The minimum absolute atomic E-state index is 0. The fraction of sp³-hybridized carbons (Fsp3) is 0.333. The van der Waals surface area contributed by atoms with Crippen molar-refractivity contribution in [2.75, 3.05) is 6.54 Å². The topological polar surface area (TPSA) is 12.0 Å². The second kappa shape index (κ2) is 7.47. The third-order valence-corrected chi connectivity index (χ3v) is 4.02. The zero-order valence-electron chi connectivity index (χ0n) is 11.7. The van der Waals surface area contributed by atoms with Gasteiger partial charge in [-0.05, 0) is 48.9 Å². The first-order chi connectivity index (χ1) is 9.43. The summed E-state index contributed by atoms with van der Waals surface area (Å²) in [5, 5.41) is 3.66. The summed E-state index contributed by atoms with van der Waals surface area (Å²) in [4.78, 5) is 0. The van der Waals surface area contributed by atoms with Gasteiger partial charge in [0.1, 0.15) is 0 Å². The summed E-state index contributed by atoms with van der Waals surface area (Å²) in [5.74, 6) is 0. The molecule has 1 heterocycles. The highest BCUT2D eigenvalue weighted by Gasteiger charge is 2.18. The Morgan fingerprint density at radius 2 is 1.70 bits per heavy atom. The molecule has 0 bridgehead atoms. The van der Waals surface area contributed by atoms with E-state index in [4.69, 9.17) is 0 Å². The van der Waals surface area contributed by atoms with Crippen LogP contribution in [0.2, 0.25) is 0 Å². The van der Waals surface area contributed by atoms with E-state index in [-0.39, 0.29) is 12.4 Å². The van der Waals surface area contributed by atoms with Crippen molar-refractivity contribution in [3.05, 3.63) is 71.3 Å². The molecule has 0 saturated heterocycles. The minimum Gasteiger partial charge on any atom is -0.310 e. The molecule has 1 nitrogen and oxygen atoms in total. The van der Waals surface area contributed by atoms with Crippen molar-refractivity contribution in [2.45, 2.75) is 31.7 Å². The second-order valence-corrected chi connectivity index (χ2v) is 5.33. The Kier molecular flexibility index (Phi) is 5.63. The standard InChI is InChI=1S/C18H21N.ClH/c1-2-7-15(8-3-1)9-6-12-18-17-11-5-4-10-16(17)13-14-19-18;/h1-5,7-8,10-11,18-19H,6,9,12-14H2;1H. The molecule has 0 amide bonds. The Labute approximate surface area is 127 Å². The van der Waals surface area contributed by atoms with E-state index in [0.717, 1.165) is 6.54 Å². The zero-order chi connectivity index (χ0) is 12.9. The van der Waals surface area contributed by atoms with E-state index in [1.165, 1.54) is 42.4 Å². The maximum atomic E-state index is 3.66. The predicted octanol–water partition coefficient (Wildman–Crippen LogP) is 4.32. The van der Waals surface area contributed by atoms with Crippen molar-refractivity contribution < 1.29 is 0 Å². The first-order valence-electron chi connectivity index (χ1n) is 7.28. The van der Waals surface area contributed by atoms with Crippen molar-refractivity contribution in [3.63, 3.8) is 0 Å². The highest BCUT2D eigenvalue weighted by atomic mass is 35.5. The summed E-state index contributed by atoms with van der Waals surface area (Å²) >= 11 is 0. The maximum Gasteiger partial charge on any atom is 0.0323 e. The van der Waals surface area contributed by atoms with Gasteiger partial charge in [-0.2, -0.15) is 0 Å². The summed E-state index contributed by atoms with van der Waals surface area (Å²) in [5.41, 5.74) is 4.50. The van der Waals surface area contributed by atoms with Crippen LogP contribution in [0.4, 0.5) is 0 Å². The van der Waals surface area contributed by atoms with Gasteiger partial charge in [-0.15, -0.1) is 12.4 Å². The summed E-state index contributed by atoms with van der Waals surface area (Å²) in [6.45, 7) is 1.12. The van der Waals surface area contributed by atoms with Gasteiger partial charge in [-0.1, -0.05) is 54.6 Å². The highest BCUT2D eigenvalue weighted by molar-refractivity contribution is 5.85. The van der Waals surface area contributed by atoms with E-state index in [1.54, 1.807) is 0 Å². The molecule has 0 aromatic heterocycles. The molecule has 0 radical (unpaired) electrons. The van der Waals surface area contributed by atoms with Gasteiger partial charge in [-0.25, -0.2) is 0 Å². The monoisotopic (exact) mass is 287 g/mol. The Morgan fingerprint density at radius 3 is 2.55 bits per heavy atom. The van der Waals surface area contributed by atoms with E-state index in [1.807, 2.05) is 0 Å². The molecule has 0 fully saturated rings. The summed E-state index contributed by atoms with van der Waals surface area (Å²) in [6.07, 6.45) is 4.83. The fourth-order valence-corrected chi connectivity index (χ4v) is 3.01. The van der Waals surface area contributed by atoms with Crippen LogP contribution in [-0.4, -0.2) is 6.54 Å². The molecule has 3 rings (SSSR count). The number of hydrogen-bond donors (Lipinski definition) is 1. The molecular weight excluding hydrogens is 266 g/mol. The molecule has 2 aromatic carbocycles. The van der Waals surface area contributed by atoms with Crippen LogP contribution in [0.15, 0.2) is 54.6 Å². The van der Waals surface area contributed by atoms with Gasteiger partial charge in [0.15, 0.2) is 0 Å². The lowest BCUT2D eigenvalue weighted by molar-refractivity contribution is 0.462. The SMILES string of the molecule is Cl.c1ccc(CCCC2NCCc3ccccc32)cc1. The van der Waals surface area contributed by atoms with Crippen LogP contribution in [0.1, 0.15) is 35.6 Å². The van der Waals surface area contributed by atoms with Crippen molar-refractivity contribution in [2.24, 2.45) is 0 Å². The fourth-order valence-electron chi connectivity index (χ4n) is 3.01. The maximum absolute atomic E-state index is 3.66. The van der Waals surface area contributed by atoms with Crippen LogP contribution in [0.3, 0.4) is 0 Å². The molecular formula is C18H22ClN. The molecule has 1 unspecified atom stereocenters. The smallest absolute Gasteiger partial charge is 0.0323 e. The van der Waals surface area contributed by atoms with E-state index in [2.05, 4.69) is 59.9 Å². The van der Waals surface area contributed by atoms with Gasteiger partial charge in [0.05, 0.1) is 0 Å². The van der Waals surface area contributed by atoms with E-state index in [0.29, 0.717) is 6.04 Å². The highest BCUT2D eigenvalue weighted by Crippen LogP contribution is 2.26. The minimum atomic E-state index is 0. The number of halogens is 1. The average Bonchev–Trinajstić information content (AvgIpc) is 2.49. The second-order valence-electron chi connectivity index (χ2n) is 5.33. The normalized spacial score (nSPS) is 17.1. The van der Waals surface area contributed by atoms with Gasteiger partial charge in [0, 0.05) is 6.04 Å². The quantitative estimate of drug-likeness (QED) is 0.883. The Hall–Kier alpha value is -1.31. The lowest BCUT2D eigenvalue weighted by atomic mass is 9.91. The summed E-state index contributed by atoms with van der Waals surface area (Å²) in [7, 11) is 0. The van der Waals surface area contributed by atoms with Crippen LogP contribution in [-0.2, 0) is 12.8 Å². The van der Waals surface area contributed by atoms with Crippen LogP contribution in [0, 0.1) is 0 Å². The van der Waals surface area contributed by atoms with Gasteiger partial charge in [0.2, 0.25) is 0 Å². The Morgan fingerprint density at radius 1 is 0.950 bits per heavy atom. The van der Waals surface area contributed by atoms with Crippen LogP contribution >= 0.6 is 12.4 Å². The van der Waals surface area contributed by atoms with Crippen molar-refractivity contribution >= 4 is 12.4 Å². The van der Waals surface area contributed by atoms with Crippen LogP contribution < -0.4 is 5.32 Å². The van der Waals surface area contributed by atoms with Crippen molar-refractivity contribution in [3.8, 4) is 0 Å². The molecule has 1 N–H and O–H groups in total. The van der Waals surface area contributed by atoms with E-state index in [9.17, 15) is 0 Å². The summed E-state index contributed by atoms with van der Waals surface area (Å²) < 4.78 is 0. The molecule has 2 aromatic rings. The third-order valence-electron chi connectivity index (χ3n) is 4.02. The average molecular weight is 288 g/mol. The molecule has 20 heavy (non-hydrogen) atoms. The zero-order valence-corrected chi connectivity index (χ0v) is 12.5. The number of nitrogens with one attached hydrogen (secondary N) is 1. The molecule has 106 valence electrons. The third kappa shape index (κ3) is 3.62. The largest absolute Gasteiger partial charge is 0.310 e. The number of benzene rings is 2. The van der Waals surface area contributed by atoms with E-state index < -0.39 is 0 Å². The first-order valence-corrected chi connectivity index (χ1v) is 7.28. The predicted molar refractivity (Wildman–Crippen MR) is 87.5 cm³/mol. The van der Waals surface area contributed by atoms with Gasteiger partial charge >= 0.3 is 0 Å². The van der Waals surface area contributed by atoms with Crippen LogP contribution in [0.5, 0.6) is 0 Å². The molecule has 1 atom stereocenters. The Bertz CT molecular complexity index is 524. The molecule has 2 heteroatoms. The first kappa shape index (κ1) is 15.1. The van der Waals surface area contributed by atoms with Crippen molar-refractivity contribution in [1.29, 1.82) is 0 Å². The van der Waals surface area contributed by atoms with Crippen LogP contribution in [0.25, 0.3) is 0 Å². The number of hydrogen-bond acceptors (Lipinski definition) is 1. The molecule has 0 aliphatic carbocycles. The van der Waals surface area contributed by atoms with Gasteiger partial charge in [-0.3, -0.25) is 0 Å². The molecule has 0 saturated carbocycles. The lowest BCUT2D eigenvalue weighted by Gasteiger charge is -2.27. The number of aryl methyl sites for hydroxylation is 1.